The molecule has 0 N–H and O–H groups in total. The minimum atomic E-state index is -3.24. The van der Waals surface area contributed by atoms with Gasteiger partial charge in [-0.15, -0.1) is 11.6 Å². The van der Waals surface area contributed by atoms with Crippen molar-refractivity contribution in [2.45, 2.75) is 36.3 Å². The molecule has 4 heteroatoms. The van der Waals surface area contributed by atoms with E-state index >= 15 is 0 Å². The number of benzene rings is 1. The molecule has 0 aromatic heterocycles. The fraction of sp³-hybridized carbons (Fsp3) is 0.455. The lowest BCUT2D eigenvalue weighted by Gasteiger charge is -2.19. The highest BCUT2D eigenvalue weighted by Crippen LogP contribution is 2.24. The summed E-state index contributed by atoms with van der Waals surface area (Å²) < 4.78 is 23.3. The third-order valence-electron chi connectivity index (χ3n) is 2.19. The Labute approximate surface area is 96.2 Å². The highest BCUT2D eigenvalue weighted by atomic mass is 35.5. The van der Waals surface area contributed by atoms with Crippen molar-refractivity contribution in [3.63, 3.8) is 0 Å². The molecule has 0 fully saturated rings. The molecule has 0 saturated carbocycles. The Morgan fingerprint density at radius 2 is 1.60 bits per heavy atom. The fourth-order valence-corrected chi connectivity index (χ4v) is 2.49. The van der Waals surface area contributed by atoms with Gasteiger partial charge in [-0.05, 0) is 38.5 Å². The van der Waals surface area contributed by atoms with Crippen LogP contribution in [0.4, 0.5) is 0 Å². The number of halogens is 1. The predicted octanol–water partition coefficient (Wildman–Crippen LogP) is 3.00. The summed E-state index contributed by atoms with van der Waals surface area (Å²) in [5.41, 5.74) is 0.921. The zero-order valence-corrected chi connectivity index (χ0v) is 10.7. The summed E-state index contributed by atoms with van der Waals surface area (Å²) in [5.74, 6) is 0.399. The molecule has 0 unspecified atom stereocenters. The maximum atomic E-state index is 12.0. The summed E-state index contributed by atoms with van der Waals surface area (Å²) in [6.45, 7) is 5.08. The molecule has 0 atom stereocenters. The summed E-state index contributed by atoms with van der Waals surface area (Å²) in [7, 11) is -3.24. The smallest absolute Gasteiger partial charge is 0.183 e. The topological polar surface area (TPSA) is 34.1 Å². The number of sulfone groups is 1. The molecular weight excluding hydrogens is 232 g/mol. The molecule has 1 rings (SSSR count). The van der Waals surface area contributed by atoms with Crippen LogP contribution in [0.15, 0.2) is 29.2 Å². The van der Waals surface area contributed by atoms with Gasteiger partial charge >= 0.3 is 0 Å². The lowest BCUT2D eigenvalue weighted by Crippen LogP contribution is -2.27. The SMILES string of the molecule is CC(C)(C)S(=O)(=O)c1ccc(CCl)cc1. The molecule has 1 aromatic rings. The van der Waals surface area contributed by atoms with E-state index in [1.807, 2.05) is 0 Å². The molecule has 84 valence electrons. The summed E-state index contributed by atoms with van der Waals surface area (Å²) in [6.07, 6.45) is 0. The van der Waals surface area contributed by atoms with Gasteiger partial charge in [-0.1, -0.05) is 12.1 Å². The van der Waals surface area contributed by atoms with Crippen molar-refractivity contribution in [1.82, 2.24) is 0 Å². The highest BCUT2D eigenvalue weighted by molar-refractivity contribution is 7.92. The van der Waals surface area contributed by atoms with E-state index in [2.05, 4.69) is 0 Å². The Bertz CT molecular complexity index is 427. The van der Waals surface area contributed by atoms with Crippen molar-refractivity contribution < 1.29 is 8.42 Å². The second-order valence-corrected chi connectivity index (χ2v) is 7.36. The van der Waals surface area contributed by atoms with Crippen molar-refractivity contribution in [2.75, 3.05) is 0 Å². The van der Waals surface area contributed by atoms with Crippen LogP contribution in [0.2, 0.25) is 0 Å². The minimum absolute atomic E-state index is 0.351. The van der Waals surface area contributed by atoms with Gasteiger partial charge in [-0.3, -0.25) is 0 Å². The van der Waals surface area contributed by atoms with E-state index in [0.29, 0.717) is 10.8 Å². The highest BCUT2D eigenvalue weighted by Gasteiger charge is 2.30. The van der Waals surface area contributed by atoms with Crippen molar-refractivity contribution >= 4 is 21.4 Å². The summed E-state index contributed by atoms with van der Waals surface area (Å²) in [4.78, 5) is 0.351. The zero-order valence-electron chi connectivity index (χ0n) is 9.12. The molecule has 0 saturated heterocycles. The Hall–Kier alpha value is -0.540. The molecule has 0 bridgehead atoms. The van der Waals surface area contributed by atoms with E-state index in [1.54, 1.807) is 45.0 Å². The van der Waals surface area contributed by atoms with Crippen LogP contribution in [-0.4, -0.2) is 13.2 Å². The van der Waals surface area contributed by atoms with Crippen molar-refractivity contribution in [1.29, 1.82) is 0 Å². The standard InChI is InChI=1S/C11H15ClO2S/c1-11(2,3)15(13,14)10-6-4-9(8-12)5-7-10/h4-7H,8H2,1-3H3. The largest absolute Gasteiger partial charge is 0.223 e. The number of rotatable bonds is 2. The van der Waals surface area contributed by atoms with E-state index < -0.39 is 14.6 Å². The molecular formula is C11H15ClO2S. The quantitative estimate of drug-likeness (QED) is 0.752. The first-order valence-corrected chi connectivity index (χ1v) is 6.70. The molecule has 2 nitrogen and oxygen atoms in total. The normalized spacial score (nSPS) is 12.8. The maximum Gasteiger partial charge on any atom is 0.183 e. The van der Waals surface area contributed by atoms with E-state index in [-0.39, 0.29) is 0 Å². The van der Waals surface area contributed by atoms with E-state index in [0.717, 1.165) is 5.56 Å². The van der Waals surface area contributed by atoms with E-state index in [1.165, 1.54) is 0 Å². The molecule has 1 aromatic carbocycles. The van der Waals surface area contributed by atoms with Gasteiger partial charge in [-0.2, -0.15) is 0 Å². The first-order valence-electron chi connectivity index (χ1n) is 4.68. The van der Waals surface area contributed by atoms with Gasteiger partial charge in [0.15, 0.2) is 9.84 Å². The first-order chi connectivity index (χ1) is 6.79. The van der Waals surface area contributed by atoms with Gasteiger partial charge in [0.1, 0.15) is 0 Å². The van der Waals surface area contributed by atoms with Crippen molar-refractivity contribution in [3.8, 4) is 0 Å². The third kappa shape index (κ3) is 2.52. The Balaban J connectivity index is 3.18. The van der Waals surface area contributed by atoms with Gasteiger partial charge in [-0.25, -0.2) is 8.42 Å². The first kappa shape index (κ1) is 12.5. The third-order valence-corrected chi connectivity index (χ3v) is 5.01. The Morgan fingerprint density at radius 3 is 1.93 bits per heavy atom. The van der Waals surface area contributed by atoms with Gasteiger partial charge in [0.25, 0.3) is 0 Å². The average Bonchev–Trinajstić information content (AvgIpc) is 2.16. The van der Waals surface area contributed by atoms with Gasteiger partial charge in [0.05, 0.1) is 9.64 Å². The van der Waals surface area contributed by atoms with Gasteiger partial charge in [0.2, 0.25) is 0 Å². The Morgan fingerprint density at radius 1 is 1.13 bits per heavy atom. The van der Waals surface area contributed by atoms with Crippen LogP contribution in [0, 0.1) is 0 Å². The lowest BCUT2D eigenvalue weighted by molar-refractivity contribution is 0.560. The van der Waals surface area contributed by atoms with Crippen molar-refractivity contribution in [3.05, 3.63) is 29.8 Å². The second kappa shape index (κ2) is 4.14. The van der Waals surface area contributed by atoms with Gasteiger partial charge in [0, 0.05) is 5.88 Å². The summed E-state index contributed by atoms with van der Waals surface area (Å²) >= 11 is 5.63. The van der Waals surface area contributed by atoms with Crippen LogP contribution in [0.3, 0.4) is 0 Å². The molecule has 0 aliphatic carbocycles. The van der Waals surface area contributed by atoms with Crippen LogP contribution in [0.25, 0.3) is 0 Å². The maximum absolute atomic E-state index is 12.0. The van der Waals surface area contributed by atoms with Crippen molar-refractivity contribution in [2.24, 2.45) is 0 Å². The average molecular weight is 247 g/mol. The summed E-state index contributed by atoms with van der Waals surface area (Å²) in [6, 6.07) is 6.70. The zero-order chi connectivity index (χ0) is 11.7. The number of hydrogen-bond acceptors (Lipinski definition) is 2. The molecule has 0 aliphatic rings. The van der Waals surface area contributed by atoms with Crippen LogP contribution >= 0.6 is 11.6 Å². The molecule has 15 heavy (non-hydrogen) atoms. The summed E-state index contributed by atoms with van der Waals surface area (Å²) in [5, 5.41) is 0. The van der Waals surface area contributed by atoms with Crippen LogP contribution in [0.1, 0.15) is 26.3 Å². The Kier molecular flexibility index (Phi) is 3.46. The lowest BCUT2D eigenvalue weighted by atomic mass is 10.2. The molecule has 0 spiro atoms. The molecule has 0 aliphatic heterocycles. The molecule has 0 radical (unpaired) electrons. The van der Waals surface area contributed by atoms with Crippen LogP contribution < -0.4 is 0 Å². The monoisotopic (exact) mass is 246 g/mol. The molecule has 0 heterocycles. The molecule has 0 amide bonds. The number of alkyl halides is 1. The van der Waals surface area contributed by atoms with E-state index in [4.69, 9.17) is 11.6 Å². The van der Waals surface area contributed by atoms with Crippen LogP contribution in [0.5, 0.6) is 0 Å². The fourth-order valence-electron chi connectivity index (χ4n) is 1.11. The van der Waals surface area contributed by atoms with E-state index in [9.17, 15) is 8.42 Å². The number of hydrogen-bond donors (Lipinski definition) is 0. The van der Waals surface area contributed by atoms with Crippen LogP contribution in [-0.2, 0) is 15.7 Å². The second-order valence-electron chi connectivity index (χ2n) is 4.39. The van der Waals surface area contributed by atoms with Gasteiger partial charge < -0.3 is 0 Å². The minimum Gasteiger partial charge on any atom is -0.223 e. The predicted molar refractivity (Wildman–Crippen MR) is 62.9 cm³/mol.